The number of aromatic carboxylic acids is 1. The number of nitriles is 1. The van der Waals surface area contributed by atoms with Gasteiger partial charge in [0.2, 0.25) is 0 Å². The van der Waals surface area contributed by atoms with Crippen LogP contribution in [0.5, 0.6) is 0 Å². The van der Waals surface area contributed by atoms with Crippen LogP contribution in [0, 0.1) is 11.3 Å². The molecule has 0 unspecified atom stereocenters. The Balaban J connectivity index is 1.99. The normalized spacial score (nSPS) is 10.8. The van der Waals surface area contributed by atoms with Crippen LogP contribution in [0.15, 0.2) is 66.7 Å². The minimum Gasteiger partial charge on any atom is -0.478 e. The first-order chi connectivity index (χ1) is 14.7. The van der Waals surface area contributed by atoms with E-state index >= 15 is 0 Å². The predicted octanol–water partition coefficient (Wildman–Crippen LogP) is 5.27. The van der Waals surface area contributed by atoms with Gasteiger partial charge in [-0.3, -0.25) is 4.79 Å². The minimum absolute atomic E-state index is 0.152. The van der Waals surface area contributed by atoms with Gasteiger partial charge in [-0.2, -0.15) is 18.4 Å². The third-order valence-corrected chi connectivity index (χ3v) is 4.29. The molecule has 0 fully saturated rings. The molecular weight excluding hydrogens is 411 g/mol. The maximum atomic E-state index is 13.2. The first-order valence-electron chi connectivity index (χ1n) is 8.81. The average molecular weight is 425 g/mol. The zero-order valence-corrected chi connectivity index (χ0v) is 15.7. The number of halogens is 3. The van der Waals surface area contributed by atoms with Crippen LogP contribution < -0.4 is 10.6 Å². The van der Waals surface area contributed by atoms with Crippen molar-refractivity contribution < 1.29 is 27.9 Å². The van der Waals surface area contributed by atoms with Crippen LogP contribution >= 0.6 is 0 Å². The lowest BCUT2D eigenvalue weighted by Gasteiger charge is -2.16. The molecule has 0 saturated carbocycles. The monoisotopic (exact) mass is 425 g/mol. The zero-order valence-electron chi connectivity index (χ0n) is 15.7. The molecule has 3 N–H and O–H groups in total. The molecular formula is C22H14F3N3O3. The SMILES string of the molecule is N#Cc1ccc(Nc2ccc(C(F)(F)F)cc2NC(=O)c2ccccc2C(=O)O)cc1. The fraction of sp³-hybridized carbons (Fsp3) is 0.0455. The minimum atomic E-state index is -4.65. The molecule has 156 valence electrons. The Morgan fingerprint density at radius 3 is 2.13 bits per heavy atom. The summed E-state index contributed by atoms with van der Waals surface area (Å²) in [6, 6.07) is 16.2. The zero-order chi connectivity index (χ0) is 22.6. The van der Waals surface area contributed by atoms with Crippen molar-refractivity contribution in [2.75, 3.05) is 10.6 Å². The number of carbonyl (C=O) groups excluding carboxylic acids is 1. The van der Waals surface area contributed by atoms with Gasteiger partial charge in [-0.05, 0) is 54.6 Å². The lowest BCUT2D eigenvalue weighted by molar-refractivity contribution is -0.137. The molecule has 0 heterocycles. The lowest BCUT2D eigenvalue weighted by Crippen LogP contribution is -2.17. The van der Waals surface area contributed by atoms with E-state index in [4.69, 9.17) is 5.26 Å². The molecule has 0 bridgehead atoms. The van der Waals surface area contributed by atoms with Crippen LogP contribution in [0.4, 0.5) is 30.2 Å². The molecule has 0 aliphatic carbocycles. The maximum Gasteiger partial charge on any atom is 0.416 e. The summed E-state index contributed by atoms with van der Waals surface area (Å²) in [4.78, 5) is 24.0. The quantitative estimate of drug-likeness (QED) is 0.517. The van der Waals surface area contributed by atoms with Crippen molar-refractivity contribution in [2.24, 2.45) is 0 Å². The fourth-order valence-electron chi connectivity index (χ4n) is 2.77. The Bertz CT molecular complexity index is 1180. The Hall–Kier alpha value is -4.32. The molecule has 3 aromatic rings. The van der Waals surface area contributed by atoms with Crippen molar-refractivity contribution in [3.8, 4) is 6.07 Å². The molecule has 0 radical (unpaired) electrons. The number of nitrogens with zero attached hydrogens (tertiary/aromatic N) is 1. The summed E-state index contributed by atoms with van der Waals surface area (Å²) < 4.78 is 39.6. The van der Waals surface area contributed by atoms with Crippen LogP contribution in [-0.2, 0) is 6.18 Å². The van der Waals surface area contributed by atoms with Gasteiger partial charge in [0.25, 0.3) is 5.91 Å². The van der Waals surface area contributed by atoms with Crippen LogP contribution in [-0.4, -0.2) is 17.0 Å². The molecule has 9 heteroatoms. The van der Waals surface area contributed by atoms with Gasteiger partial charge in [-0.25, -0.2) is 4.79 Å². The van der Waals surface area contributed by atoms with Crippen molar-refractivity contribution in [3.05, 3.63) is 89.0 Å². The molecule has 0 spiro atoms. The first kappa shape index (κ1) is 21.4. The number of carbonyl (C=O) groups is 2. The number of carboxylic acids is 1. The van der Waals surface area contributed by atoms with Crippen LogP contribution in [0.2, 0.25) is 0 Å². The molecule has 1 amide bonds. The highest BCUT2D eigenvalue weighted by molar-refractivity contribution is 6.11. The van der Waals surface area contributed by atoms with E-state index in [1.165, 1.54) is 36.4 Å². The van der Waals surface area contributed by atoms with Gasteiger partial charge in [-0.1, -0.05) is 12.1 Å². The number of anilines is 3. The molecule has 0 saturated heterocycles. The van der Waals surface area contributed by atoms with Gasteiger partial charge >= 0.3 is 12.1 Å². The Labute approximate surface area is 174 Å². The first-order valence-corrected chi connectivity index (χ1v) is 8.81. The molecule has 0 aliphatic heterocycles. The van der Waals surface area contributed by atoms with Gasteiger partial charge in [0.05, 0.1) is 39.7 Å². The van der Waals surface area contributed by atoms with Gasteiger partial charge in [-0.15, -0.1) is 0 Å². The number of carboxylic acid groups (broad SMARTS) is 1. The van der Waals surface area contributed by atoms with Crippen molar-refractivity contribution in [3.63, 3.8) is 0 Å². The predicted molar refractivity (Wildman–Crippen MR) is 107 cm³/mol. The third kappa shape index (κ3) is 5.00. The Kier molecular flexibility index (Phi) is 5.93. The highest BCUT2D eigenvalue weighted by atomic mass is 19.4. The number of hydrogen-bond acceptors (Lipinski definition) is 4. The number of rotatable bonds is 5. The van der Waals surface area contributed by atoms with E-state index in [1.54, 1.807) is 12.1 Å². The summed E-state index contributed by atoms with van der Waals surface area (Å²) in [5.74, 6) is -2.22. The van der Waals surface area contributed by atoms with Crippen molar-refractivity contribution in [2.45, 2.75) is 6.18 Å². The number of hydrogen-bond donors (Lipinski definition) is 3. The summed E-state index contributed by atoms with van der Waals surface area (Å²) in [6.45, 7) is 0. The van der Waals surface area contributed by atoms with E-state index in [0.29, 0.717) is 11.3 Å². The Morgan fingerprint density at radius 1 is 0.903 bits per heavy atom. The molecule has 3 rings (SSSR count). The van der Waals surface area contributed by atoms with E-state index < -0.39 is 23.6 Å². The van der Waals surface area contributed by atoms with Crippen molar-refractivity contribution in [1.82, 2.24) is 0 Å². The standard InChI is InChI=1S/C22H14F3N3O3/c23-22(24,25)14-7-10-18(27-15-8-5-13(12-26)6-9-15)19(11-14)28-20(29)16-3-1-2-4-17(16)21(30)31/h1-11,27H,(H,28,29)(H,30,31). The second kappa shape index (κ2) is 8.59. The number of alkyl halides is 3. The van der Waals surface area contributed by atoms with E-state index in [9.17, 15) is 27.9 Å². The highest BCUT2D eigenvalue weighted by Crippen LogP contribution is 2.35. The third-order valence-electron chi connectivity index (χ3n) is 4.29. The topological polar surface area (TPSA) is 102 Å². The van der Waals surface area contributed by atoms with E-state index in [1.807, 2.05) is 6.07 Å². The largest absolute Gasteiger partial charge is 0.478 e. The maximum absolute atomic E-state index is 13.2. The van der Waals surface area contributed by atoms with Crippen LogP contribution in [0.25, 0.3) is 0 Å². The summed E-state index contributed by atoms with van der Waals surface area (Å²) in [5, 5.41) is 23.4. The van der Waals surface area contributed by atoms with Crippen LogP contribution in [0.3, 0.4) is 0 Å². The highest BCUT2D eigenvalue weighted by Gasteiger charge is 2.31. The molecule has 0 atom stereocenters. The number of amides is 1. The fourth-order valence-corrected chi connectivity index (χ4v) is 2.77. The molecule has 31 heavy (non-hydrogen) atoms. The summed E-state index contributed by atoms with van der Waals surface area (Å²) in [7, 11) is 0. The van der Waals surface area contributed by atoms with Crippen molar-refractivity contribution in [1.29, 1.82) is 5.26 Å². The molecule has 3 aromatic carbocycles. The summed E-state index contributed by atoms with van der Waals surface area (Å²) >= 11 is 0. The second-order valence-electron chi connectivity index (χ2n) is 6.38. The molecule has 0 aliphatic rings. The lowest BCUT2D eigenvalue weighted by atomic mass is 10.1. The Morgan fingerprint density at radius 2 is 1.55 bits per heavy atom. The number of nitrogens with one attached hydrogen (secondary N) is 2. The molecule has 0 aromatic heterocycles. The van der Waals surface area contributed by atoms with Gasteiger partial charge in [0.15, 0.2) is 0 Å². The van der Waals surface area contributed by atoms with E-state index in [0.717, 1.165) is 18.2 Å². The van der Waals surface area contributed by atoms with E-state index in [-0.39, 0.29) is 22.5 Å². The summed E-state index contributed by atoms with van der Waals surface area (Å²) in [6.07, 6.45) is -4.65. The van der Waals surface area contributed by atoms with Gasteiger partial charge in [0, 0.05) is 5.69 Å². The van der Waals surface area contributed by atoms with E-state index in [2.05, 4.69) is 10.6 Å². The number of benzene rings is 3. The summed E-state index contributed by atoms with van der Waals surface area (Å²) in [5.41, 5.74) is -0.634. The van der Waals surface area contributed by atoms with Crippen LogP contribution in [0.1, 0.15) is 31.8 Å². The molecule has 6 nitrogen and oxygen atoms in total. The van der Waals surface area contributed by atoms with Gasteiger partial charge < -0.3 is 15.7 Å². The van der Waals surface area contributed by atoms with Gasteiger partial charge in [0.1, 0.15) is 0 Å². The van der Waals surface area contributed by atoms with Crippen molar-refractivity contribution >= 4 is 28.9 Å². The smallest absolute Gasteiger partial charge is 0.416 e. The second-order valence-corrected chi connectivity index (χ2v) is 6.38. The average Bonchev–Trinajstić information content (AvgIpc) is 2.74.